The summed E-state index contributed by atoms with van der Waals surface area (Å²) in [6.07, 6.45) is 1.93. The zero-order valence-electron chi connectivity index (χ0n) is 10.7. The molecule has 0 radical (unpaired) electrons. The molecule has 0 spiro atoms. The monoisotopic (exact) mass is 317 g/mol. The van der Waals surface area contributed by atoms with Gasteiger partial charge in [0.25, 0.3) is 5.91 Å². The molecular formula is C15H11NOS3. The Morgan fingerprint density at radius 1 is 1.20 bits per heavy atom. The molecule has 2 aromatic rings. The minimum atomic E-state index is -0.0426. The molecule has 1 amide bonds. The van der Waals surface area contributed by atoms with Crippen molar-refractivity contribution in [2.75, 3.05) is 4.90 Å². The number of hydrogen-bond acceptors (Lipinski definition) is 4. The summed E-state index contributed by atoms with van der Waals surface area (Å²) in [7, 11) is 0. The Morgan fingerprint density at radius 2 is 1.95 bits per heavy atom. The molecule has 0 N–H and O–H groups in total. The maximum Gasteiger partial charge on any atom is 0.270 e. The van der Waals surface area contributed by atoms with Gasteiger partial charge >= 0.3 is 0 Å². The second-order valence-electron chi connectivity index (χ2n) is 4.32. The summed E-state index contributed by atoms with van der Waals surface area (Å²) in [6, 6.07) is 11.6. The summed E-state index contributed by atoms with van der Waals surface area (Å²) in [5.41, 5.74) is 2.00. The van der Waals surface area contributed by atoms with Crippen LogP contribution < -0.4 is 4.90 Å². The molecule has 0 aliphatic carbocycles. The van der Waals surface area contributed by atoms with E-state index in [0.29, 0.717) is 9.23 Å². The van der Waals surface area contributed by atoms with Crippen LogP contribution in [0, 0.1) is 6.92 Å². The average molecular weight is 317 g/mol. The molecule has 0 saturated carbocycles. The van der Waals surface area contributed by atoms with Gasteiger partial charge in [-0.3, -0.25) is 9.69 Å². The van der Waals surface area contributed by atoms with Crippen molar-refractivity contribution in [1.29, 1.82) is 0 Å². The topological polar surface area (TPSA) is 20.3 Å². The summed E-state index contributed by atoms with van der Waals surface area (Å²) in [5.74, 6) is -0.0426. The van der Waals surface area contributed by atoms with E-state index >= 15 is 0 Å². The summed E-state index contributed by atoms with van der Waals surface area (Å²) in [5, 5.41) is 2.03. The van der Waals surface area contributed by atoms with E-state index in [1.807, 2.05) is 48.7 Å². The number of carbonyl (C=O) groups excluding carboxylic acids is 1. The first-order valence-corrected chi connectivity index (χ1v) is 8.14. The molecule has 1 aliphatic heterocycles. The van der Waals surface area contributed by atoms with Crippen molar-refractivity contribution in [2.45, 2.75) is 6.92 Å². The van der Waals surface area contributed by atoms with Gasteiger partial charge in [-0.05, 0) is 42.1 Å². The first-order chi connectivity index (χ1) is 9.66. The average Bonchev–Trinajstić information content (AvgIpc) is 2.96. The summed E-state index contributed by atoms with van der Waals surface area (Å²) < 4.78 is 0.585. The fourth-order valence-electron chi connectivity index (χ4n) is 1.92. The maximum absolute atomic E-state index is 12.5. The highest BCUT2D eigenvalue weighted by atomic mass is 32.2. The van der Waals surface area contributed by atoms with Crippen LogP contribution in [-0.4, -0.2) is 10.2 Å². The van der Waals surface area contributed by atoms with Crippen molar-refractivity contribution in [2.24, 2.45) is 0 Å². The number of thioether (sulfide) groups is 1. The van der Waals surface area contributed by atoms with Crippen molar-refractivity contribution in [3.63, 3.8) is 0 Å². The number of benzene rings is 1. The van der Waals surface area contributed by atoms with Crippen molar-refractivity contribution >= 4 is 57.3 Å². The highest BCUT2D eigenvalue weighted by Gasteiger charge is 2.33. The zero-order valence-corrected chi connectivity index (χ0v) is 13.1. The summed E-state index contributed by atoms with van der Waals surface area (Å²) >= 11 is 8.33. The number of aryl methyl sites for hydroxylation is 1. The van der Waals surface area contributed by atoms with E-state index in [4.69, 9.17) is 12.2 Å². The van der Waals surface area contributed by atoms with E-state index in [-0.39, 0.29) is 5.91 Å². The summed E-state index contributed by atoms with van der Waals surface area (Å²) in [4.78, 5) is 15.9. The van der Waals surface area contributed by atoms with Crippen LogP contribution >= 0.6 is 35.3 Å². The lowest BCUT2D eigenvalue weighted by molar-refractivity contribution is -0.113. The molecule has 0 bridgehead atoms. The Morgan fingerprint density at radius 3 is 2.60 bits per heavy atom. The van der Waals surface area contributed by atoms with Crippen molar-refractivity contribution in [1.82, 2.24) is 0 Å². The molecule has 2 nitrogen and oxygen atoms in total. The number of thiocarbonyl (C=S) groups is 1. The van der Waals surface area contributed by atoms with Crippen LogP contribution in [0.2, 0.25) is 0 Å². The number of hydrogen-bond donors (Lipinski definition) is 0. The second-order valence-corrected chi connectivity index (χ2v) is 6.94. The van der Waals surface area contributed by atoms with Crippen molar-refractivity contribution in [3.05, 3.63) is 57.1 Å². The normalized spacial score (nSPS) is 17.2. The molecule has 20 heavy (non-hydrogen) atoms. The molecule has 0 unspecified atom stereocenters. The van der Waals surface area contributed by atoms with Gasteiger partial charge in [-0.25, -0.2) is 0 Å². The lowest BCUT2D eigenvalue weighted by Crippen LogP contribution is -2.27. The number of nitrogens with zero attached hydrogens (tertiary/aromatic N) is 1. The molecule has 1 fully saturated rings. The SMILES string of the molecule is Cc1ccsc1/C=C1\SC(=S)N(c2ccccc2)C1=O. The molecule has 100 valence electrons. The van der Waals surface area contributed by atoms with E-state index in [2.05, 4.69) is 6.07 Å². The van der Waals surface area contributed by atoms with Gasteiger partial charge in [-0.1, -0.05) is 42.2 Å². The number of para-hydroxylation sites is 1. The molecule has 0 atom stereocenters. The standard InChI is InChI=1S/C15H11NOS3/c1-10-7-8-19-12(10)9-13-14(17)16(15(18)20-13)11-5-3-2-4-6-11/h2-9H,1H3/b13-9-. The lowest BCUT2D eigenvalue weighted by atomic mass is 10.2. The van der Waals surface area contributed by atoms with Crippen LogP contribution in [0.1, 0.15) is 10.4 Å². The molecule has 1 saturated heterocycles. The van der Waals surface area contributed by atoms with E-state index in [1.54, 1.807) is 16.2 Å². The van der Waals surface area contributed by atoms with Gasteiger partial charge in [0.05, 0.1) is 10.6 Å². The zero-order chi connectivity index (χ0) is 14.1. The van der Waals surface area contributed by atoms with E-state index < -0.39 is 0 Å². The van der Waals surface area contributed by atoms with Gasteiger partial charge in [0, 0.05) is 4.88 Å². The van der Waals surface area contributed by atoms with Gasteiger partial charge in [-0.15, -0.1) is 11.3 Å². The van der Waals surface area contributed by atoms with E-state index in [0.717, 1.165) is 10.6 Å². The first-order valence-electron chi connectivity index (χ1n) is 6.04. The number of anilines is 1. The Bertz CT molecular complexity index is 703. The third kappa shape index (κ3) is 2.44. The quantitative estimate of drug-likeness (QED) is 0.602. The fraction of sp³-hybridized carbons (Fsp3) is 0.0667. The van der Waals surface area contributed by atoms with Crippen LogP contribution in [0.5, 0.6) is 0 Å². The molecule has 1 aliphatic rings. The smallest absolute Gasteiger partial charge is 0.268 e. The number of thiophene rings is 1. The third-order valence-electron chi connectivity index (χ3n) is 2.97. The van der Waals surface area contributed by atoms with Gasteiger partial charge in [-0.2, -0.15) is 0 Å². The largest absolute Gasteiger partial charge is 0.270 e. The van der Waals surface area contributed by atoms with Gasteiger partial charge in [0.1, 0.15) is 0 Å². The molecule has 1 aromatic carbocycles. The Kier molecular flexibility index (Phi) is 3.74. The van der Waals surface area contributed by atoms with Gasteiger partial charge in [0.15, 0.2) is 4.32 Å². The lowest BCUT2D eigenvalue weighted by Gasteiger charge is -2.13. The number of carbonyl (C=O) groups is 1. The molecule has 3 rings (SSSR count). The molecule has 2 heterocycles. The van der Waals surface area contributed by atoms with Crippen LogP contribution in [-0.2, 0) is 4.79 Å². The van der Waals surface area contributed by atoms with Gasteiger partial charge < -0.3 is 0 Å². The maximum atomic E-state index is 12.5. The van der Waals surface area contributed by atoms with E-state index in [1.165, 1.54) is 17.3 Å². The fourth-order valence-corrected chi connectivity index (χ4v) is 4.13. The predicted octanol–water partition coefficient (Wildman–Crippen LogP) is 4.46. The van der Waals surface area contributed by atoms with Crippen LogP contribution in [0.25, 0.3) is 6.08 Å². The van der Waals surface area contributed by atoms with Crippen LogP contribution in [0.4, 0.5) is 5.69 Å². The second kappa shape index (κ2) is 5.52. The van der Waals surface area contributed by atoms with Crippen molar-refractivity contribution < 1.29 is 4.79 Å². The Hall–Kier alpha value is -1.43. The van der Waals surface area contributed by atoms with Crippen LogP contribution in [0.3, 0.4) is 0 Å². The molecule has 1 aromatic heterocycles. The Balaban J connectivity index is 1.95. The highest BCUT2D eigenvalue weighted by Crippen LogP contribution is 2.36. The highest BCUT2D eigenvalue weighted by molar-refractivity contribution is 8.27. The summed E-state index contributed by atoms with van der Waals surface area (Å²) in [6.45, 7) is 2.04. The number of amides is 1. The van der Waals surface area contributed by atoms with E-state index in [9.17, 15) is 4.79 Å². The minimum Gasteiger partial charge on any atom is -0.268 e. The first kappa shape index (κ1) is 13.5. The predicted molar refractivity (Wildman–Crippen MR) is 91.2 cm³/mol. The number of rotatable bonds is 2. The van der Waals surface area contributed by atoms with Crippen molar-refractivity contribution in [3.8, 4) is 0 Å². The molecule has 5 heteroatoms. The minimum absolute atomic E-state index is 0.0426. The molecular weight excluding hydrogens is 306 g/mol. The third-order valence-corrected chi connectivity index (χ3v) is 5.24. The van der Waals surface area contributed by atoms with Gasteiger partial charge in [0.2, 0.25) is 0 Å². The van der Waals surface area contributed by atoms with Crippen LogP contribution in [0.15, 0.2) is 46.7 Å². The Labute approximate surface area is 131 Å².